The Morgan fingerprint density at radius 1 is 1.00 bits per heavy atom. The highest BCUT2D eigenvalue weighted by Crippen LogP contribution is 2.44. The number of nitrogens with zero attached hydrogens (tertiary/aromatic N) is 3. The Labute approximate surface area is 298 Å². The van der Waals surface area contributed by atoms with E-state index in [1.807, 2.05) is 13.0 Å². The molecule has 47 heavy (non-hydrogen) atoms. The number of aromatic nitrogens is 1. The summed E-state index contributed by atoms with van der Waals surface area (Å²) in [5.41, 5.74) is 2.50. The molecule has 240 valence electrons. The van der Waals surface area contributed by atoms with Crippen molar-refractivity contribution in [2.45, 2.75) is 29.4 Å². The Morgan fingerprint density at radius 2 is 1.64 bits per heavy atom. The second-order valence-electron chi connectivity index (χ2n) is 11.4. The number of hydrogen-bond donors (Lipinski definition) is 0. The minimum absolute atomic E-state index is 0.0268. The topological polar surface area (TPSA) is 137 Å². The van der Waals surface area contributed by atoms with E-state index in [1.165, 1.54) is 17.0 Å². The molecule has 1 aliphatic heterocycles. The molecule has 0 N–H and O–H groups in total. The van der Waals surface area contributed by atoms with Crippen LogP contribution in [0.4, 0.5) is 11.4 Å². The van der Waals surface area contributed by atoms with Crippen molar-refractivity contribution in [3.63, 3.8) is 0 Å². The number of halogens is 4. The van der Waals surface area contributed by atoms with Crippen LogP contribution in [0.1, 0.15) is 39.1 Å². The number of imide groups is 1. The third-order valence-electron chi connectivity index (χ3n) is 8.42. The number of hydrogen-bond acceptors (Lipinski definition) is 8. The van der Waals surface area contributed by atoms with Gasteiger partial charge in [0.25, 0.3) is 5.69 Å². The number of Topliss-reactive ketones (excluding diaryl/α,β-unsaturated/α-hetero) is 1. The van der Waals surface area contributed by atoms with E-state index in [-0.39, 0.29) is 49.5 Å². The highest BCUT2D eigenvalue weighted by Gasteiger charge is 2.52. The molecule has 1 saturated carbocycles. The van der Waals surface area contributed by atoms with Crippen LogP contribution in [-0.4, -0.2) is 49.7 Å². The second-order valence-corrected chi connectivity index (χ2v) is 15.0. The van der Waals surface area contributed by atoms with Crippen LogP contribution in [0.5, 0.6) is 0 Å². The van der Waals surface area contributed by atoms with E-state index in [1.54, 1.807) is 36.4 Å². The number of ketones is 1. The van der Waals surface area contributed by atoms with Crippen molar-refractivity contribution >= 4 is 105 Å². The lowest BCUT2D eigenvalue weighted by molar-refractivity contribution is -0.384. The summed E-state index contributed by atoms with van der Waals surface area (Å²) in [5, 5.41) is 11.6. The van der Waals surface area contributed by atoms with E-state index in [0.29, 0.717) is 45.2 Å². The number of nitro groups is 1. The lowest BCUT2D eigenvalue weighted by atomic mass is 9.81. The first-order valence-electron chi connectivity index (χ1n) is 14.4. The van der Waals surface area contributed by atoms with Gasteiger partial charge in [0.05, 0.1) is 39.2 Å². The Hall–Kier alpha value is -3.52. The number of carbonyl (C=O) groups excluding carboxylic acids is 4. The molecule has 4 unspecified atom stereocenters. The zero-order valence-electron chi connectivity index (χ0n) is 24.4. The summed E-state index contributed by atoms with van der Waals surface area (Å²) in [6.45, 7) is 1.18. The molecule has 14 heteroatoms. The summed E-state index contributed by atoms with van der Waals surface area (Å²) in [7, 11) is 0. The van der Waals surface area contributed by atoms with Gasteiger partial charge < -0.3 is 4.74 Å². The number of anilines is 1. The van der Waals surface area contributed by atoms with Gasteiger partial charge in [0.1, 0.15) is 5.02 Å². The first-order chi connectivity index (χ1) is 22.3. The number of esters is 1. The lowest BCUT2D eigenvalue weighted by Crippen LogP contribution is -2.34. The molecule has 2 amide bonds. The van der Waals surface area contributed by atoms with Crippen molar-refractivity contribution in [1.82, 2.24) is 4.98 Å². The number of carbonyl (C=O) groups is 4. The number of pyridine rings is 1. The van der Waals surface area contributed by atoms with Crippen LogP contribution in [0.15, 0.2) is 65.1 Å². The van der Waals surface area contributed by atoms with E-state index >= 15 is 0 Å². The number of fused-ring (bicyclic) bond motifs is 2. The molecule has 0 radical (unpaired) electrons. The lowest BCUT2D eigenvalue weighted by Gasteiger charge is -2.29. The number of amides is 2. The van der Waals surface area contributed by atoms with Crippen LogP contribution in [0, 0.1) is 28.9 Å². The molecule has 4 aromatic rings. The van der Waals surface area contributed by atoms with Crippen LogP contribution < -0.4 is 4.90 Å². The van der Waals surface area contributed by atoms with E-state index in [9.17, 15) is 29.3 Å². The van der Waals surface area contributed by atoms with Crippen molar-refractivity contribution in [3.8, 4) is 11.3 Å². The van der Waals surface area contributed by atoms with Gasteiger partial charge in [0.2, 0.25) is 17.6 Å². The first-order valence-corrected chi connectivity index (χ1v) is 17.4. The summed E-state index contributed by atoms with van der Waals surface area (Å²) < 4.78 is 6.11. The van der Waals surface area contributed by atoms with Crippen molar-refractivity contribution in [2.75, 3.05) is 11.5 Å². The highest BCUT2D eigenvalue weighted by atomic mass is 79.9. The second kappa shape index (κ2) is 13.2. The van der Waals surface area contributed by atoms with Crippen LogP contribution in [0.25, 0.3) is 22.2 Å². The molecule has 0 bridgehead atoms. The Bertz CT molecular complexity index is 1980. The minimum Gasteiger partial charge on any atom is -0.454 e. The molecular weight excluding hydrogens is 826 g/mol. The van der Waals surface area contributed by atoms with Crippen molar-refractivity contribution in [3.05, 3.63) is 97.0 Å². The van der Waals surface area contributed by atoms with Gasteiger partial charge in [0, 0.05) is 36.7 Å². The smallest absolute Gasteiger partial charge is 0.339 e. The van der Waals surface area contributed by atoms with Gasteiger partial charge >= 0.3 is 5.97 Å². The summed E-state index contributed by atoms with van der Waals surface area (Å²) in [5.74, 6) is -2.62. The molecule has 1 aromatic heterocycles. The monoisotopic (exact) mass is 845 g/mol. The summed E-state index contributed by atoms with van der Waals surface area (Å²) in [6.07, 6.45) is 1.14. The molecular formula is C33H23Br3ClN3O7. The minimum atomic E-state index is -0.796. The number of nitro benzene ring substituents is 1. The van der Waals surface area contributed by atoms with Crippen LogP contribution in [-0.2, 0) is 14.3 Å². The van der Waals surface area contributed by atoms with E-state index < -0.39 is 29.0 Å². The molecule has 2 heterocycles. The van der Waals surface area contributed by atoms with Crippen molar-refractivity contribution in [2.24, 2.45) is 11.8 Å². The molecule has 1 aliphatic carbocycles. The van der Waals surface area contributed by atoms with E-state index in [2.05, 4.69) is 47.8 Å². The third kappa shape index (κ3) is 6.38. The number of alkyl halides is 2. The highest BCUT2D eigenvalue weighted by molar-refractivity contribution is 9.12. The average Bonchev–Trinajstić information content (AvgIpc) is 3.27. The van der Waals surface area contributed by atoms with Crippen LogP contribution >= 0.6 is 59.4 Å². The van der Waals surface area contributed by atoms with Gasteiger partial charge in [-0.15, -0.1) is 0 Å². The molecule has 10 nitrogen and oxygen atoms in total. The molecule has 2 aliphatic rings. The van der Waals surface area contributed by atoms with Gasteiger partial charge in [-0.2, -0.15) is 0 Å². The van der Waals surface area contributed by atoms with Gasteiger partial charge in [-0.25, -0.2) is 9.78 Å². The number of ether oxygens (including phenoxy) is 1. The van der Waals surface area contributed by atoms with E-state index in [4.69, 9.17) is 21.3 Å². The fourth-order valence-electron chi connectivity index (χ4n) is 6.02. The summed E-state index contributed by atoms with van der Waals surface area (Å²) in [6, 6.07) is 15.6. The molecule has 4 atom stereocenters. The van der Waals surface area contributed by atoms with Crippen LogP contribution in [0.3, 0.4) is 0 Å². The largest absolute Gasteiger partial charge is 0.454 e. The Balaban J connectivity index is 1.29. The van der Waals surface area contributed by atoms with Gasteiger partial charge in [-0.3, -0.25) is 29.4 Å². The zero-order valence-corrected chi connectivity index (χ0v) is 29.9. The van der Waals surface area contributed by atoms with E-state index in [0.717, 1.165) is 11.6 Å². The maximum Gasteiger partial charge on any atom is 0.339 e. The molecule has 1 saturated heterocycles. The average molecular weight is 849 g/mol. The quantitative estimate of drug-likeness (QED) is 0.0456. The van der Waals surface area contributed by atoms with Crippen LogP contribution in [0.2, 0.25) is 5.02 Å². The normalized spacial score (nSPS) is 20.7. The Morgan fingerprint density at radius 3 is 2.26 bits per heavy atom. The SMILES string of the molecule is Cc1cc(Br)cc2c(C(=O)OCC(=O)c3ccc(Cl)c([N+](=O)[O-])c3)cc(-c3ccc(N4C(=O)C5CC(Br)C(Br)CC5C4=O)cc3)nc12. The fourth-order valence-corrected chi connectivity index (χ4v) is 8.02. The fraction of sp³-hybridized carbons (Fsp3) is 0.242. The Kier molecular flexibility index (Phi) is 9.36. The maximum atomic E-state index is 13.5. The number of aryl methyl sites for hydroxylation is 1. The van der Waals surface area contributed by atoms with Gasteiger partial charge in [-0.1, -0.05) is 71.5 Å². The molecule has 0 spiro atoms. The van der Waals surface area contributed by atoms with Crippen molar-refractivity contribution in [1.29, 1.82) is 0 Å². The first kappa shape index (κ1) is 33.4. The zero-order chi connectivity index (χ0) is 33.7. The summed E-state index contributed by atoms with van der Waals surface area (Å²) >= 11 is 16.5. The molecule has 6 rings (SSSR count). The third-order valence-corrected chi connectivity index (χ3v) is 11.9. The standard InChI is InChI=1S/C33H23Br3ClN3O7/c1-15-8-18(34)10-20-23(33(44)47-14-29(41)17-4-7-26(37)28(9-17)40(45)46)13-27(38-30(15)20)16-2-5-19(6-3-16)39-31(42)21-11-24(35)25(36)12-22(21)32(39)43/h2-10,13,21-22,24-25H,11-12,14H2,1H3. The maximum absolute atomic E-state index is 13.5. The summed E-state index contributed by atoms with van der Waals surface area (Å²) in [4.78, 5) is 69.7. The van der Waals surface area contributed by atoms with Crippen molar-refractivity contribution < 1.29 is 28.8 Å². The van der Waals surface area contributed by atoms with Gasteiger partial charge in [0.15, 0.2) is 6.61 Å². The predicted octanol–water partition coefficient (Wildman–Crippen LogP) is 8.00. The molecule has 3 aromatic carbocycles. The predicted molar refractivity (Wildman–Crippen MR) is 186 cm³/mol. The molecule has 2 fully saturated rings. The number of benzene rings is 3. The van der Waals surface area contributed by atoms with Gasteiger partial charge in [-0.05, 0) is 67.8 Å². The number of rotatable bonds is 7.